The van der Waals surface area contributed by atoms with Gasteiger partial charge in [-0.1, -0.05) is 37.3 Å². The van der Waals surface area contributed by atoms with E-state index in [9.17, 15) is 9.59 Å². The fourth-order valence-electron chi connectivity index (χ4n) is 3.06. The summed E-state index contributed by atoms with van der Waals surface area (Å²) in [5.74, 6) is 1.34. The Morgan fingerprint density at radius 3 is 2.72 bits per heavy atom. The molecule has 1 aliphatic rings. The van der Waals surface area contributed by atoms with E-state index >= 15 is 0 Å². The average molecular weight is 382 g/mol. The van der Waals surface area contributed by atoms with Gasteiger partial charge in [0.2, 0.25) is 0 Å². The van der Waals surface area contributed by atoms with E-state index in [1.165, 1.54) is 12.8 Å². The quantitative estimate of drug-likeness (QED) is 0.797. The molecule has 0 spiro atoms. The predicted octanol–water partition coefficient (Wildman–Crippen LogP) is 1.84. The number of aromatic amines is 1. The number of hydrogen-bond acceptors (Lipinski definition) is 5. The Bertz CT molecular complexity index is 892. The number of hydrogen-bond donors (Lipinski definition) is 1. The van der Waals surface area contributed by atoms with Gasteiger partial charge in [0, 0.05) is 26.7 Å². The molecule has 0 atom stereocenters. The van der Waals surface area contributed by atoms with E-state index in [1.54, 1.807) is 20.9 Å². The van der Waals surface area contributed by atoms with Crippen LogP contribution in [0.15, 0.2) is 9.59 Å². The lowest BCUT2D eigenvalue weighted by atomic mass is 10.3. The largest absolute Gasteiger partial charge is 0.358 e. The predicted molar refractivity (Wildman–Crippen MR) is 105 cm³/mol. The van der Waals surface area contributed by atoms with Gasteiger partial charge in [-0.15, -0.1) is 0 Å². The van der Waals surface area contributed by atoms with Crippen LogP contribution in [0.4, 0.5) is 0 Å². The smallest absolute Gasteiger partial charge is 0.330 e. The summed E-state index contributed by atoms with van der Waals surface area (Å²) < 4.78 is 4.21. The summed E-state index contributed by atoms with van der Waals surface area (Å²) in [5.41, 5.74) is 0.128. The number of likely N-dealkylation sites (tertiary alicyclic amines) is 1. The SMILES string of the molecule is CCCCn1c(=O)[nH]c(=O)c2c1nc(CSC(=S)N1CCCC1)n2C. The van der Waals surface area contributed by atoms with Crippen molar-refractivity contribution in [2.45, 2.75) is 44.9 Å². The van der Waals surface area contributed by atoms with Crippen molar-refractivity contribution in [2.75, 3.05) is 13.1 Å². The minimum Gasteiger partial charge on any atom is -0.358 e. The fourth-order valence-corrected chi connectivity index (χ4v) is 4.30. The Labute approximate surface area is 155 Å². The second-order valence-electron chi connectivity index (χ2n) is 6.27. The number of nitrogens with zero attached hydrogens (tertiary/aromatic N) is 4. The lowest BCUT2D eigenvalue weighted by Crippen LogP contribution is -2.31. The number of thiocarbonyl (C=S) groups is 1. The molecule has 9 heteroatoms. The van der Waals surface area contributed by atoms with Crippen LogP contribution in [0.2, 0.25) is 0 Å². The minimum atomic E-state index is -0.393. The molecule has 0 saturated carbocycles. The summed E-state index contributed by atoms with van der Waals surface area (Å²) in [6, 6.07) is 0. The van der Waals surface area contributed by atoms with Crippen LogP contribution < -0.4 is 11.2 Å². The standard InChI is InChI=1S/C16H23N5O2S2/c1-3-4-9-21-13-12(14(22)18-15(21)23)19(2)11(17-13)10-25-16(24)20-7-5-6-8-20/h3-10H2,1-2H3,(H,18,22,23). The van der Waals surface area contributed by atoms with Crippen molar-refractivity contribution in [1.82, 2.24) is 24.0 Å². The Morgan fingerprint density at radius 1 is 1.32 bits per heavy atom. The molecular weight excluding hydrogens is 358 g/mol. The van der Waals surface area contributed by atoms with Gasteiger partial charge in [-0.3, -0.25) is 14.3 Å². The molecule has 2 aromatic heterocycles. The van der Waals surface area contributed by atoms with Gasteiger partial charge in [-0.2, -0.15) is 0 Å². The van der Waals surface area contributed by atoms with Gasteiger partial charge >= 0.3 is 5.69 Å². The maximum absolute atomic E-state index is 12.2. The van der Waals surface area contributed by atoms with Crippen molar-refractivity contribution >= 4 is 39.5 Å². The molecular formula is C16H23N5O2S2. The number of unbranched alkanes of at least 4 members (excludes halogenated alkanes) is 1. The zero-order chi connectivity index (χ0) is 18.0. The third-order valence-corrected chi connectivity index (χ3v) is 6.05. The molecule has 0 aromatic carbocycles. The van der Waals surface area contributed by atoms with E-state index in [4.69, 9.17) is 12.2 Å². The Kier molecular flexibility index (Phi) is 5.63. The van der Waals surface area contributed by atoms with Gasteiger partial charge in [-0.25, -0.2) is 9.78 Å². The Balaban J connectivity index is 1.90. The first-order valence-electron chi connectivity index (χ1n) is 8.63. The molecule has 136 valence electrons. The molecule has 0 bridgehead atoms. The van der Waals surface area contributed by atoms with Crippen LogP contribution in [-0.2, 0) is 19.3 Å². The lowest BCUT2D eigenvalue weighted by Gasteiger charge is -2.17. The fraction of sp³-hybridized carbons (Fsp3) is 0.625. The van der Waals surface area contributed by atoms with E-state index in [1.807, 2.05) is 7.05 Å². The summed E-state index contributed by atoms with van der Waals surface area (Å²) in [4.78, 5) is 33.6. The number of rotatable bonds is 5. The zero-order valence-corrected chi connectivity index (χ0v) is 16.2. The number of H-pyrrole nitrogens is 1. The highest BCUT2D eigenvalue weighted by molar-refractivity contribution is 8.22. The van der Waals surface area contributed by atoms with Gasteiger partial charge in [0.15, 0.2) is 11.2 Å². The number of thioether (sulfide) groups is 1. The molecule has 0 radical (unpaired) electrons. The van der Waals surface area contributed by atoms with Crippen molar-refractivity contribution in [1.29, 1.82) is 0 Å². The summed E-state index contributed by atoms with van der Waals surface area (Å²) in [6.45, 7) is 4.65. The molecule has 25 heavy (non-hydrogen) atoms. The molecule has 0 unspecified atom stereocenters. The molecule has 1 aliphatic heterocycles. The molecule has 2 aromatic rings. The normalized spacial score (nSPS) is 14.6. The number of fused-ring (bicyclic) bond motifs is 1. The van der Waals surface area contributed by atoms with Crippen LogP contribution in [0.5, 0.6) is 0 Å². The summed E-state index contributed by atoms with van der Waals surface area (Å²) in [6.07, 6.45) is 4.20. The van der Waals surface area contributed by atoms with Crippen LogP contribution in [0, 0.1) is 0 Å². The molecule has 0 amide bonds. The Morgan fingerprint density at radius 2 is 2.04 bits per heavy atom. The maximum atomic E-state index is 12.2. The molecule has 1 fully saturated rings. The van der Waals surface area contributed by atoms with E-state index in [0.717, 1.165) is 36.1 Å². The van der Waals surface area contributed by atoms with E-state index in [2.05, 4.69) is 21.8 Å². The first-order chi connectivity index (χ1) is 12.0. The summed E-state index contributed by atoms with van der Waals surface area (Å²) in [7, 11) is 1.81. The number of aromatic nitrogens is 4. The second kappa shape index (κ2) is 7.74. The van der Waals surface area contributed by atoms with Crippen LogP contribution >= 0.6 is 24.0 Å². The van der Waals surface area contributed by atoms with Crippen LogP contribution in [0.1, 0.15) is 38.4 Å². The molecule has 1 saturated heterocycles. The zero-order valence-electron chi connectivity index (χ0n) is 14.6. The van der Waals surface area contributed by atoms with E-state index in [-0.39, 0.29) is 5.56 Å². The van der Waals surface area contributed by atoms with Gasteiger partial charge in [0.1, 0.15) is 10.1 Å². The number of aryl methyl sites for hydroxylation is 2. The van der Waals surface area contributed by atoms with Crippen molar-refractivity contribution in [3.8, 4) is 0 Å². The summed E-state index contributed by atoms with van der Waals surface area (Å²) >= 11 is 7.06. The van der Waals surface area contributed by atoms with Crippen molar-refractivity contribution in [2.24, 2.45) is 7.05 Å². The highest BCUT2D eigenvalue weighted by Gasteiger charge is 2.19. The average Bonchev–Trinajstić information content (AvgIpc) is 3.21. The monoisotopic (exact) mass is 381 g/mol. The maximum Gasteiger partial charge on any atom is 0.330 e. The van der Waals surface area contributed by atoms with Crippen molar-refractivity contribution in [3.63, 3.8) is 0 Å². The molecule has 0 aliphatic carbocycles. The molecule has 3 heterocycles. The number of imidazole rings is 1. The van der Waals surface area contributed by atoms with Gasteiger partial charge in [-0.05, 0) is 19.3 Å². The van der Waals surface area contributed by atoms with Crippen LogP contribution in [0.25, 0.3) is 11.2 Å². The third kappa shape index (κ3) is 3.67. The van der Waals surface area contributed by atoms with Gasteiger partial charge < -0.3 is 9.47 Å². The van der Waals surface area contributed by atoms with Gasteiger partial charge in [0.25, 0.3) is 5.56 Å². The molecule has 3 rings (SSSR count). The van der Waals surface area contributed by atoms with E-state index < -0.39 is 5.69 Å². The van der Waals surface area contributed by atoms with E-state index in [0.29, 0.717) is 23.5 Å². The topological polar surface area (TPSA) is 75.9 Å². The minimum absolute atomic E-state index is 0.388. The molecule has 7 nitrogen and oxygen atoms in total. The van der Waals surface area contributed by atoms with Gasteiger partial charge in [0.05, 0.1) is 5.75 Å². The Hall–Kier alpha value is -1.61. The molecule has 1 N–H and O–H groups in total. The lowest BCUT2D eigenvalue weighted by molar-refractivity contribution is 0.539. The van der Waals surface area contributed by atoms with Crippen molar-refractivity contribution < 1.29 is 0 Å². The van der Waals surface area contributed by atoms with Crippen molar-refractivity contribution in [3.05, 3.63) is 26.7 Å². The summed E-state index contributed by atoms with van der Waals surface area (Å²) in [5, 5.41) is 0. The third-order valence-electron chi connectivity index (χ3n) is 4.53. The first-order valence-corrected chi connectivity index (χ1v) is 10.0. The first kappa shape index (κ1) is 18.2. The number of nitrogens with one attached hydrogen (secondary N) is 1. The highest BCUT2D eigenvalue weighted by Crippen LogP contribution is 2.21. The van der Waals surface area contributed by atoms with Crippen LogP contribution in [0.3, 0.4) is 0 Å². The second-order valence-corrected chi connectivity index (χ2v) is 7.88. The highest BCUT2D eigenvalue weighted by atomic mass is 32.2. The van der Waals surface area contributed by atoms with Crippen LogP contribution in [-0.4, -0.2) is 41.4 Å².